The normalized spacial score (nSPS) is 11.9. The fourth-order valence-electron chi connectivity index (χ4n) is 1.93. The fourth-order valence-corrected chi connectivity index (χ4v) is 2.68. The van der Waals surface area contributed by atoms with E-state index >= 15 is 0 Å². The highest BCUT2D eigenvalue weighted by atomic mass is 32.2. The number of nitrogens with one attached hydrogen (secondary N) is 1. The number of halogens is 1. The second-order valence-electron chi connectivity index (χ2n) is 4.89. The molecule has 23 heavy (non-hydrogen) atoms. The van der Waals surface area contributed by atoms with Crippen LogP contribution in [-0.4, -0.2) is 24.3 Å². The summed E-state index contributed by atoms with van der Waals surface area (Å²) in [7, 11) is 0. The molecule has 6 heteroatoms. The Labute approximate surface area is 139 Å². The molecule has 0 radical (unpaired) electrons. The summed E-state index contributed by atoms with van der Waals surface area (Å²) < 4.78 is 23.7. The Kier molecular flexibility index (Phi) is 7.00. The minimum Gasteiger partial charge on any atom is -0.481 e. The third kappa shape index (κ3) is 5.98. The van der Waals surface area contributed by atoms with Crippen LogP contribution in [0, 0.1) is 5.82 Å². The lowest BCUT2D eigenvalue weighted by Gasteiger charge is -2.17. The molecule has 0 fully saturated rings. The first kappa shape index (κ1) is 17.4. The van der Waals surface area contributed by atoms with E-state index in [1.54, 1.807) is 18.0 Å². The molecule has 1 heterocycles. The molecule has 1 aromatic carbocycles. The summed E-state index contributed by atoms with van der Waals surface area (Å²) in [6, 6.07) is 9.44. The van der Waals surface area contributed by atoms with Gasteiger partial charge in [-0.05, 0) is 42.8 Å². The minimum absolute atomic E-state index is 0.157. The molecule has 0 bridgehead atoms. The van der Waals surface area contributed by atoms with Crippen LogP contribution in [0.25, 0.3) is 0 Å². The molecule has 1 N–H and O–H groups in total. The van der Waals surface area contributed by atoms with Crippen LogP contribution in [0.3, 0.4) is 0 Å². The van der Waals surface area contributed by atoms with Gasteiger partial charge in [-0.1, -0.05) is 6.92 Å². The lowest BCUT2D eigenvalue weighted by molar-refractivity contribution is -0.127. The highest BCUT2D eigenvalue weighted by Gasteiger charge is 2.17. The quantitative estimate of drug-likeness (QED) is 0.710. The molecule has 2 rings (SSSR count). The third-order valence-electron chi connectivity index (χ3n) is 3.13. The van der Waals surface area contributed by atoms with Gasteiger partial charge in [0.2, 0.25) is 0 Å². The molecule has 2 aromatic rings. The van der Waals surface area contributed by atoms with Gasteiger partial charge >= 0.3 is 0 Å². The first-order valence-corrected chi connectivity index (χ1v) is 8.64. The van der Waals surface area contributed by atoms with Gasteiger partial charge < -0.3 is 14.5 Å². The molecular formula is C17H20FNO3S. The summed E-state index contributed by atoms with van der Waals surface area (Å²) in [6.45, 7) is 2.44. The van der Waals surface area contributed by atoms with E-state index in [0.717, 1.165) is 17.3 Å². The van der Waals surface area contributed by atoms with E-state index in [-0.39, 0.29) is 11.7 Å². The number of benzene rings is 1. The standard InChI is InChI=1S/C17H20FNO3S/c1-2-16(22-14-7-5-13(18)6-8-14)17(20)19-9-11-23-12-15-4-3-10-21-15/h3-8,10,16H,2,9,11-12H2,1H3,(H,19,20). The van der Waals surface area contributed by atoms with E-state index < -0.39 is 6.10 Å². The molecule has 1 atom stereocenters. The van der Waals surface area contributed by atoms with Crippen LogP contribution in [0.4, 0.5) is 4.39 Å². The van der Waals surface area contributed by atoms with E-state index in [2.05, 4.69) is 5.32 Å². The van der Waals surface area contributed by atoms with Gasteiger partial charge in [-0.15, -0.1) is 0 Å². The zero-order valence-corrected chi connectivity index (χ0v) is 13.8. The number of carbonyl (C=O) groups is 1. The van der Waals surface area contributed by atoms with Gasteiger partial charge in [0.05, 0.1) is 12.0 Å². The monoisotopic (exact) mass is 337 g/mol. The van der Waals surface area contributed by atoms with Crippen molar-refractivity contribution in [3.8, 4) is 5.75 Å². The first-order chi connectivity index (χ1) is 11.2. The molecule has 4 nitrogen and oxygen atoms in total. The van der Waals surface area contributed by atoms with Crippen molar-refractivity contribution in [1.29, 1.82) is 0 Å². The Morgan fingerprint density at radius 2 is 2.13 bits per heavy atom. The summed E-state index contributed by atoms with van der Waals surface area (Å²) in [5.74, 6) is 2.50. The number of furan rings is 1. The summed E-state index contributed by atoms with van der Waals surface area (Å²) in [6.07, 6.45) is 1.62. The minimum atomic E-state index is -0.574. The van der Waals surface area contributed by atoms with E-state index in [4.69, 9.17) is 9.15 Å². The number of thioether (sulfide) groups is 1. The molecule has 0 aliphatic heterocycles. The summed E-state index contributed by atoms with van der Waals surface area (Å²) in [4.78, 5) is 12.1. The number of hydrogen-bond acceptors (Lipinski definition) is 4. The molecule has 0 saturated heterocycles. The molecule has 0 spiro atoms. The predicted octanol–water partition coefficient (Wildman–Crippen LogP) is 3.63. The van der Waals surface area contributed by atoms with Crippen LogP contribution < -0.4 is 10.1 Å². The van der Waals surface area contributed by atoms with Gasteiger partial charge in [-0.2, -0.15) is 11.8 Å². The highest BCUT2D eigenvalue weighted by Crippen LogP contribution is 2.15. The number of amides is 1. The van der Waals surface area contributed by atoms with Crippen LogP contribution in [0.5, 0.6) is 5.75 Å². The van der Waals surface area contributed by atoms with Crippen molar-refractivity contribution in [3.05, 3.63) is 54.2 Å². The van der Waals surface area contributed by atoms with Gasteiger partial charge in [0, 0.05) is 12.3 Å². The van der Waals surface area contributed by atoms with Crippen molar-refractivity contribution < 1.29 is 18.3 Å². The second-order valence-corrected chi connectivity index (χ2v) is 6.00. The van der Waals surface area contributed by atoms with Crippen LogP contribution in [0.15, 0.2) is 47.1 Å². The molecular weight excluding hydrogens is 317 g/mol. The van der Waals surface area contributed by atoms with Gasteiger partial charge in [0.1, 0.15) is 17.3 Å². The molecule has 0 saturated carbocycles. The topological polar surface area (TPSA) is 51.5 Å². The van der Waals surface area contributed by atoms with Crippen molar-refractivity contribution in [3.63, 3.8) is 0 Å². The second kappa shape index (κ2) is 9.25. The highest BCUT2D eigenvalue weighted by molar-refractivity contribution is 7.98. The molecule has 0 aliphatic carbocycles. The zero-order valence-electron chi connectivity index (χ0n) is 13.0. The van der Waals surface area contributed by atoms with Crippen molar-refractivity contribution in [2.75, 3.05) is 12.3 Å². The zero-order chi connectivity index (χ0) is 16.5. The summed E-state index contributed by atoms with van der Waals surface area (Å²) in [5, 5.41) is 2.86. The van der Waals surface area contributed by atoms with Crippen LogP contribution in [0.2, 0.25) is 0 Å². The van der Waals surface area contributed by atoms with Gasteiger partial charge in [-0.25, -0.2) is 4.39 Å². The van der Waals surface area contributed by atoms with E-state index in [1.807, 2.05) is 19.1 Å². The Bertz CT molecular complexity index is 586. The maximum Gasteiger partial charge on any atom is 0.261 e. The molecule has 124 valence electrons. The van der Waals surface area contributed by atoms with Gasteiger partial charge in [-0.3, -0.25) is 4.79 Å². The first-order valence-electron chi connectivity index (χ1n) is 7.49. The van der Waals surface area contributed by atoms with Crippen LogP contribution in [-0.2, 0) is 10.5 Å². The van der Waals surface area contributed by atoms with Gasteiger partial charge in [0.25, 0.3) is 5.91 Å². The number of hydrogen-bond donors (Lipinski definition) is 1. The number of carbonyl (C=O) groups excluding carboxylic acids is 1. The maximum atomic E-state index is 12.9. The Hall–Kier alpha value is -1.95. The molecule has 1 unspecified atom stereocenters. The van der Waals surface area contributed by atoms with Crippen molar-refractivity contribution in [2.24, 2.45) is 0 Å². The van der Waals surface area contributed by atoms with Crippen molar-refractivity contribution in [2.45, 2.75) is 25.2 Å². The average Bonchev–Trinajstić information content (AvgIpc) is 3.07. The summed E-state index contributed by atoms with van der Waals surface area (Å²) in [5.41, 5.74) is 0. The van der Waals surface area contributed by atoms with E-state index in [9.17, 15) is 9.18 Å². The van der Waals surface area contributed by atoms with E-state index in [1.165, 1.54) is 24.3 Å². The van der Waals surface area contributed by atoms with Crippen molar-refractivity contribution in [1.82, 2.24) is 5.32 Å². The smallest absolute Gasteiger partial charge is 0.261 e. The largest absolute Gasteiger partial charge is 0.481 e. The third-order valence-corrected chi connectivity index (χ3v) is 4.11. The lowest BCUT2D eigenvalue weighted by atomic mass is 10.2. The Morgan fingerprint density at radius 1 is 1.35 bits per heavy atom. The lowest BCUT2D eigenvalue weighted by Crippen LogP contribution is -2.39. The predicted molar refractivity (Wildman–Crippen MR) is 89.0 cm³/mol. The van der Waals surface area contributed by atoms with Crippen molar-refractivity contribution >= 4 is 17.7 Å². The fraction of sp³-hybridized carbons (Fsp3) is 0.353. The van der Waals surface area contributed by atoms with Crippen LogP contribution >= 0.6 is 11.8 Å². The van der Waals surface area contributed by atoms with Crippen LogP contribution in [0.1, 0.15) is 19.1 Å². The van der Waals surface area contributed by atoms with Gasteiger partial charge in [0.15, 0.2) is 6.10 Å². The summed E-state index contributed by atoms with van der Waals surface area (Å²) >= 11 is 1.69. The Balaban J connectivity index is 1.68. The SMILES string of the molecule is CCC(Oc1ccc(F)cc1)C(=O)NCCSCc1ccco1. The molecule has 1 amide bonds. The number of ether oxygens (including phenoxy) is 1. The molecule has 0 aliphatic rings. The maximum absolute atomic E-state index is 12.9. The average molecular weight is 337 g/mol. The number of rotatable bonds is 9. The Morgan fingerprint density at radius 3 is 2.78 bits per heavy atom. The van der Waals surface area contributed by atoms with E-state index in [0.29, 0.717) is 18.7 Å². The molecule has 1 aromatic heterocycles.